The molecule has 128 valence electrons. The highest BCUT2D eigenvalue weighted by Crippen LogP contribution is 2.24. The van der Waals surface area contributed by atoms with E-state index in [0.717, 1.165) is 18.8 Å². The summed E-state index contributed by atoms with van der Waals surface area (Å²) in [5.41, 5.74) is 1.48. The second kappa shape index (κ2) is 7.36. The number of aromatic nitrogens is 2. The van der Waals surface area contributed by atoms with Gasteiger partial charge in [0.15, 0.2) is 0 Å². The molecular weight excluding hydrogens is 327 g/mol. The van der Waals surface area contributed by atoms with E-state index in [4.69, 9.17) is 0 Å². The number of halogens is 1. The van der Waals surface area contributed by atoms with Gasteiger partial charge in [0.1, 0.15) is 10.7 Å². The Labute approximate surface area is 145 Å². The predicted octanol–water partition coefficient (Wildman–Crippen LogP) is 2.76. The molecule has 1 fully saturated rings. The van der Waals surface area contributed by atoms with E-state index in [1.807, 2.05) is 30.9 Å². The minimum absolute atomic E-state index is 0.000254. The molecule has 1 amide bonds. The van der Waals surface area contributed by atoms with Crippen LogP contribution in [0.25, 0.3) is 0 Å². The van der Waals surface area contributed by atoms with Crippen LogP contribution in [-0.2, 0) is 6.42 Å². The average Bonchev–Trinajstić information content (AvgIpc) is 3.10. The van der Waals surface area contributed by atoms with Crippen molar-refractivity contribution in [2.45, 2.75) is 26.3 Å². The second-order valence-corrected chi connectivity index (χ2v) is 6.68. The number of benzene rings is 1. The lowest BCUT2D eigenvalue weighted by Crippen LogP contribution is -2.49. The number of carbonyl (C=O) groups is 1. The smallest absolute Gasteiger partial charge is 0.267 e. The Balaban J connectivity index is 1.64. The maximum Gasteiger partial charge on any atom is 0.267 e. The molecule has 0 spiro atoms. The van der Waals surface area contributed by atoms with E-state index in [1.54, 1.807) is 6.07 Å². The summed E-state index contributed by atoms with van der Waals surface area (Å²) in [6, 6.07) is 6.89. The maximum absolute atomic E-state index is 14.0. The quantitative estimate of drug-likeness (QED) is 0.852. The van der Waals surface area contributed by atoms with E-state index in [-0.39, 0.29) is 17.8 Å². The summed E-state index contributed by atoms with van der Waals surface area (Å²) in [4.78, 5) is 17.3. The van der Waals surface area contributed by atoms with Crippen molar-refractivity contribution in [3.05, 3.63) is 46.2 Å². The van der Waals surface area contributed by atoms with Gasteiger partial charge in [-0.3, -0.25) is 9.69 Å². The molecule has 3 rings (SSSR count). The van der Waals surface area contributed by atoms with Crippen LogP contribution in [0, 0.1) is 5.82 Å². The van der Waals surface area contributed by atoms with Crippen LogP contribution in [0.3, 0.4) is 0 Å². The van der Waals surface area contributed by atoms with Gasteiger partial charge >= 0.3 is 0 Å². The summed E-state index contributed by atoms with van der Waals surface area (Å²) in [7, 11) is 0. The molecule has 2 heterocycles. The monoisotopic (exact) mass is 348 g/mol. The van der Waals surface area contributed by atoms with Crippen LogP contribution in [0.1, 0.15) is 40.8 Å². The third-order valence-corrected chi connectivity index (χ3v) is 5.35. The SMILES string of the molecule is CCc1nnsc1C(=O)N1CCN(C(C)c2ccccc2F)CC1. The van der Waals surface area contributed by atoms with Crippen LogP contribution in [-0.4, -0.2) is 51.5 Å². The molecule has 7 heteroatoms. The Kier molecular flexibility index (Phi) is 5.20. The van der Waals surface area contributed by atoms with Gasteiger partial charge in [-0.2, -0.15) is 0 Å². The topological polar surface area (TPSA) is 49.3 Å². The molecule has 1 aliphatic heterocycles. The van der Waals surface area contributed by atoms with Crippen LogP contribution in [0.2, 0.25) is 0 Å². The van der Waals surface area contributed by atoms with E-state index in [9.17, 15) is 9.18 Å². The van der Waals surface area contributed by atoms with Gasteiger partial charge in [0.2, 0.25) is 0 Å². The summed E-state index contributed by atoms with van der Waals surface area (Å²) in [5.74, 6) is -0.160. The highest BCUT2D eigenvalue weighted by atomic mass is 32.1. The fourth-order valence-electron chi connectivity index (χ4n) is 3.07. The third-order valence-electron chi connectivity index (χ3n) is 4.59. The van der Waals surface area contributed by atoms with Gasteiger partial charge in [-0.15, -0.1) is 5.10 Å². The summed E-state index contributed by atoms with van der Waals surface area (Å²) in [6.45, 7) is 6.72. The highest BCUT2D eigenvalue weighted by molar-refractivity contribution is 7.08. The van der Waals surface area contributed by atoms with Crippen molar-refractivity contribution in [3.8, 4) is 0 Å². The summed E-state index contributed by atoms with van der Waals surface area (Å²) >= 11 is 1.17. The first-order chi connectivity index (χ1) is 11.6. The molecular formula is C17H21FN4OS. The van der Waals surface area contributed by atoms with Crippen molar-refractivity contribution < 1.29 is 9.18 Å². The Morgan fingerprint density at radius 1 is 1.29 bits per heavy atom. The predicted molar refractivity (Wildman–Crippen MR) is 91.6 cm³/mol. The number of piperazine rings is 1. The zero-order valence-electron chi connectivity index (χ0n) is 13.9. The molecule has 0 bridgehead atoms. The molecule has 1 aromatic heterocycles. The lowest BCUT2D eigenvalue weighted by molar-refractivity contribution is 0.0582. The van der Waals surface area contributed by atoms with Crippen molar-refractivity contribution in [1.82, 2.24) is 19.4 Å². The van der Waals surface area contributed by atoms with Crippen LogP contribution in [0.5, 0.6) is 0 Å². The van der Waals surface area contributed by atoms with E-state index in [1.165, 1.54) is 17.6 Å². The Bertz CT molecular complexity index is 712. The van der Waals surface area contributed by atoms with Crippen LogP contribution >= 0.6 is 11.5 Å². The molecule has 0 radical (unpaired) electrons. The number of carbonyl (C=O) groups excluding carboxylic acids is 1. The van der Waals surface area contributed by atoms with Crippen molar-refractivity contribution in [2.24, 2.45) is 0 Å². The lowest BCUT2D eigenvalue weighted by atomic mass is 10.1. The average molecular weight is 348 g/mol. The summed E-state index contributed by atoms with van der Waals surface area (Å²) in [5, 5.41) is 4.01. The normalized spacial score (nSPS) is 17.0. The number of aryl methyl sites for hydroxylation is 1. The molecule has 2 aromatic rings. The van der Waals surface area contributed by atoms with Gasteiger partial charge in [-0.25, -0.2) is 4.39 Å². The summed E-state index contributed by atoms with van der Waals surface area (Å²) < 4.78 is 17.9. The van der Waals surface area contributed by atoms with Crippen molar-refractivity contribution >= 4 is 17.4 Å². The number of hydrogen-bond donors (Lipinski definition) is 0. The minimum atomic E-state index is -0.174. The largest absolute Gasteiger partial charge is 0.335 e. The Hall–Kier alpha value is -1.86. The second-order valence-electron chi connectivity index (χ2n) is 5.93. The standard InChI is InChI=1S/C17H21FN4OS/c1-3-15-16(24-20-19-15)17(23)22-10-8-21(9-11-22)12(2)13-6-4-5-7-14(13)18/h4-7,12H,3,8-11H2,1-2H3. The number of amides is 1. The zero-order valence-corrected chi connectivity index (χ0v) is 14.7. The fraction of sp³-hybridized carbons (Fsp3) is 0.471. The zero-order chi connectivity index (χ0) is 17.1. The molecule has 1 aliphatic rings. The van der Waals surface area contributed by atoms with Gasteiger partial charge in [0, 0.05) is 37.8 Å². The molecule has 1 unspecified atom stereocenters. The highest BCUT2D eigenvalue weighted by Gasteiger charge is 2.28. The minimum Gasteiger partial charge on any atom is -0.335 e. The first-order valence-corrected chi connectivity index (χ1v) is 8.98. The van der Waals surface area contributed by atoms with Crippen molar-refractivity contribution in [1.29, 1.82) is 0 Å². The molecule has 1 atom stereocenters. The Morgan fingerprint density at radius 3 is 2.67 bits per heavy atom. The van der Waals surface area contributed by atoms with Gasteiger partial charge in [0.25, 0.3) is 5.91 Å². The number of hydrogen-bond acceptors (Lipinski definition) is 5. The summed E-state index contributed by atoms with van der Waals surface area (Å²) in [6.07, 6.45) is 0.710. The van der Waals surface area contributed by atoms with Gasteiger partial charge < -0.3 is 4.90 Å². The van der Waals surface area contributed by atoms with E-state index in [0.29, 0.717) is 30.0 Å². The molecule has 1 aromatic carbocycles. The molecule has 0 saturated carbocycles. The Morgan fingerprint density at radius 2 is 2.00 bits per heavy atom. The van der Waals surface area contributed by atoms with E-state index in [2.05, 4.69) is 14.5 Å². The maximum atomic E-state index is 14.0. The molecule has 0 aliphatic carbocycles. The van der Waals surface area contributed by atoms with Crippen LogP contribution in [0.15, 0.2) is 24.3 Å². The van der Waals surface area contributed by atoms with Crippen molar-refractivity contribution in [2.75, 3.05) is 26.2 Å². The van der Waals surface area contributed by atoms with Crippen LogP contribution in [0.4, 0.5) is 4.39 Å². The van der Waals surface area contributed by atoms with Gasteiger partial charge in [-0.1, -0.05) is 29.6 Å². The molecule has 24 heavy (non-hydrogen) atoms. The first kappa shape index (κ1) is 17.0. The number of rotatable bonds is 4. The lowest BCUT2D eigenvalue weighted by Gasteiger charge is -2.38. The van der Waals surface area contributed by atoms with E-state index >= 15 is 0 Å². The first-order valence-electron chi connectivity index (χ1n) is 8.20. The fourth-order valence-corrected chi connectivity index (χ4v) is 3.79. The van der Waals surface area contributed by atoms with Gasteiger partial charge in [0.05, 0.1) is 5.69 Å². The van der Waals surface area contributed by atoms with Crippen LogP contribution < -0.4 is 0 Å². The molecule has 5 nitrogen and oxygen atoms in total. The molecule has 1 saturated heterocycles. The van der Waals surface area contributed by atoms with Gasteiger partial charge in [-0.05, 0) is 30.9 Å². The van der Waals surface area contributed by atoms with E-state index < -0.39 is 0 Å². The molecule has 0 N–H and O–H groups in total. The third kappa shape index (κ3) is 3.32. The number of nitrogens with zero attached hydrogens (tertiary/aromatic N) is 4. The van der Waals surface area contributed by atoms with Crippen molar-refractivity contribution in [3.63, 3.8) is 0 Å².